The van der Waals surface area contributed by atoms with Crippen LogP contribution in [0.25, 0.3) is 0 Å². The van der Waals surface area contributed by atoms with Crippen LogP contribution in [0, 0.1) is 0 Å². The fourth-order valence-corrected chi connectivity index (χ4v) is 3.88. The van der Waals surface area contributed by atoms with E-state index in [0.29, 0.717) is 26.2 Å². The summed E-state index contributed by atoms with van der Waals surface area (Å²) in [7, 11) is -3.52. The lowest BCUT2D eigenvalue weighted by atomic mass is 10.1. The Morgan fingerprint density at radius 1 is 1.38 bits per heavy atom. The van der Waals surface area contributed by atoms with Crippen molar-refractivity contribution < 1.29 is 23.1 Å². The molecule has 0 spiro atoms. The molecule has 21 heavy (non-hydrogen) atoms. The Kier molecular flexibility index (Phi) is 4.97. The molecule has 2 rings (SSSR count). The zero-order valence-corrected chi connectivity index (χ0v) is 12.7. The third kappa shape index (κ3) is 3.81. The van der Waals surface area contributed by atoms with E-state index in [0.717, 1.165) is 5.56 Å². The first kappa shape index (κ1) is 15.9. The third-order valence-corrected chi connectivity index (χ3v) is 5.49. The number of carboxylic acid groups (broad SMARTS) is 1. The maximum Gasteiger partial charge on any atom is 0.303 e. The fourth-order valence-electron chi connectivity index (χ4n) is 2.28. The number of aryl methyl sites for hydroxylation is 1. The third-order valence-electron chi connectivity index (χ3n) is 3.46. The predicted octanol–water partition coefficient (Wildman–Crippen LogP) is 1.11. The maximum absolute atomic E-state index is 12.6. The number of hydrogen-bond acceptors (Lipinski definition) is 4. The summed E-state index contributed by atoms with van der Waals surface area (Å²) >= 11 is 0. The summed E-state index contributed by atoms with van der Waals surface area (Å²) in [6, 6.07) is 6.22. The quantitative estimate of drug-likeness (QED) is 0.880. The highest BCUT2D eigenvalue weighted by Crippen LogP contribution is 2.21. The van der Waals surface area contributed by atoms with Crippen molar-refractivity contribution in [1.29, 1.82) is 0 Å². The minimum atomic E-state index is -3.52. The van der Waals surface area contributed by atoms with Crippen LogP contribution in [0.15, 0.2) is 29.2 Å². The monoisotopic (exact) mass is 313 g/mol. The number of ether oxygens (including phenoxy) is 1. The van der Waals surface area contributed by atoms with Crippen molar-refractivity contribution in [3.8, 4) is 0 Å². The van der Waals surface area contributed by atoms with E-state index in [-0.39, 0.29) is 17.4 Å². The second-order valence-corrected chi connectivity index (χ2v) is 6.97. The average molecular weight is 313 g/mol. The van der Waals surface area contributed by atoms with Gasteiger partial charge in [-0.1, -0.05) is 12.1 Å². The lowest BCUT2D eigenvalue weighted by molar-refractivity contribution is -0.136. The number of benzene rings is 1. The molecular weight excluding hydrogens is 294 g/mol. The molecule has 1 unspecified atom stereocenters. The molecule has 1 saturated heterocycles. The second-order valence-electron chi connectivity index (χ2n) is 5.08. The van der Waals surface area contributed by atoms with E-state index in [2.05, 4.69) is 0 Å². The second kappa shape index (κ2) is 6.55. The lowest BCUT2D eigenvalue weighted by Crippen LogP contribution is -2.46. The Morgan fingerprint density at radius 2 is 2.05 bits per heavy atom. The molecule has 1 aliphatic heterocycles. The summed E-state index contributed by atoms with van der Waals surface area (Å²) in [6.07, 6.45) is 0.427. The SMILES string of the molecule is CC1COCCN1S(=O)(=O)c1ccc(CCC(=O)O)cc1. The molecule has 1 atom stereocenters. The molecule has 1 heterocycles. The van der Waals surface area contributed by atoms with Crippen LogP contribution < -0.4 is 0 Å². The summed E-state index contributed by atoms with van der Waals surface area (Å²) in [5.41, 5.74) is 0.811. The van der Waals surface area contributed by atoms with Gasteiger partial charge in [0.15, 0.2) is 0 Å². The van der Waals surface area contributed by atoms with Gasteiger partial charge in [-0.25, -0.2) is 8.42 Å². The highest BCUT2D eigenvalue weighted by atomic mass is 32.2. The summed E-state index contributed by atoms with van der Waals surface area (Å²) in [4.78, 5) is 10.8. The number of sulfonamides is 1. The standard InChI is InChI=1S/C14H19NO5S/c1-11-10-20-9-8-15(11)21(18,19)13-5-2-12(3-6-13)4-7-14(16)17/h2-3,5-6,11H,4,7-10H2,1H3,(H,16,17). The van der Waals surface area contributed by atoms with Crippen LogP contribution >= 0.6 is 0 Å². The number of hydrogen-bond donors (Lipinski definition) is 1. The van der Waals surface area contributed by atoms with Crippen molar-refractivity contribution in [3.05, 3.63) is 29.8 Å². The minimum Gasteiger partial charge on any atom is -0.481 e. The van der Waals surface area contributed by atoms with Crippen molar-refractivity contribution >= 4 is 16.0 Å². The van der Waals surface area contributed by atoms with E-state index >= 15 is 0 Å². The lowest BCUT2D eigenvalue weighted by Gasteiger charge is -2.32. The van der Waals surface area contributed by atoms with Gasteiger partial charge in [0.25, 0.3) is 0 Å². The predicted molar refractivity (Wildman–Crippen MR) is 76.6 cm³/mol. The first-order valence-electron chi connectivity index (χ1n) is 6.81. The zero-order chi connectivity index (χ0) is 15.5. The number of morpholine rings is 1. The molecule has 1 aliphatic rings. The van der Waals surface area contributed by atoms with Crippen LogP contribution in [0.4, 0.5) is 0 Å². The van der Waals surface area contributed by atoms with Crippen molar-refractivity contribution in [2.75, 3.05) is 19.8 Å². The number of nitrogens with zero attached hydrogens (tertiary/aromatic N) is 1. The van der Waals surface area contributed by atoms with Crippen LogP contribution in [-0.4, -0.2) is 49.6 Å². The minimum absolute atomic E-state index is 0.0343. The summed E-state index contributed by atoms with van der Waals surface area (Å²) in [5, 5.41) is 8.64. The smallest absolute Gasteiger partial charge is 0.303 e. The van der Waals surface area contributed by atoms with E-state index in [4.69, 9.17) is 9.84 Å². The highest BCUT2D eigenvalue weighted by Gasteiger charge is 2.31. The molecular formula is C14H19NO5S. The van der Waals surface area contributed by atoms with Crippen molar-refractivity contribution in [2.45, 2.75) is 30.7 Å². The Labute approximate surface area is 124 Å². The van der Waals surface area contributed by atoms with E-state index in [1.54, 1.807) is 12.1 Å². The van der Waals surface area contributed by atoms with Crippen molar-refractivity contribution in [2.24, 2.45) is 0 Å². The molecule has 1 fully saturated rings. The van der Waals surface area contributed by atoms with Gasteiger partial charge < -0.3 is 9.84 Å². The largest absolute Gasteiger partial charge is 0.481 e. The number of carbonyl (C=O) groups is 1. The van der Waals surface area contributed by atoms with E-state index in [9.17, 15) is 13.2 Å². The molecule has 6 nitrogen and oxygen atoms in total. The van der Waals surface area contributed by atoms with Gasteiger partial charge in [0.05, 0.1) is 18.1 Å². The van der Waals surface area contributed by atoms with E-state index in [1.807, 2.05) is 6.92 Å². The Morgan fingerprint density at radius 3 is 2.62 bits per heavy atom. The Hall–Kier alpha value is -1.44. The molecule has 116 valence electrons. The topological polar surface area (TPSA) is 83.9 Å². The van der Waals surface area contributed by atoms with E-state index < -0.39 is 16.0 Å². The van der Waals surface area contributed by atoms with Crippen LogP contribution in [0.1, 0.15) is 18.9 Å². The van der Waals surface area contributed by atoms with Crippen LogP contribution in [0.2, 0.25) is 0 Å². The average Bonchev–Trinajstić information content (AvgIpc) is 2.46. The van der Waals surface area contributed by atoms with Gasteiger partial charge in [-0.05, 0) is 31.0 Å². The first-order valence-corrected chi connectivity index (χ1v) is 8.25. The number of rotatable bonds is 5. The Balaban J connectivity index is 2.14. The molecule has 0 radical (unpaired) electrons. The zero-order valence-electron chi connectivity index (χ0n) is 11.9. The molecule has 1 aromatic rings. The molecule has 0 bridgehead atoms. The number of aliphatic carboxylic acids is 1. The van der Waals surface area contributed by atoms with Gasteiger partial charge in [0, 0.05) is 19.0 Å². The summed E-state index contributed by atoms with van der Waals surface area (Å²) in [6.45, 7) is 2.97. The molecule has 0 amide bonds. The van der Waals surface area contributed by atoms with Gasteiger partial charge in [0.1, 0.15) is 0 Å². The molecule has 1 aromatic carbocycles. The maximum atomic E-state index is 12.6. The van der Waals surface area contributed by atoms with Crippen LogP contribution in [0.5, 0.6) is 0 Å². The van der Waals surface area contributed by atoms with Crippen molar-refractivity contribution in [3.63, 3.8) is 0 Å². The number of carboxylic acids is 1. The summed E-state index contributed by atoms with van der Waals surface area (Å²) < 4.78 is 31.8. The molecule has 0 saturated carbocycles. The van der Waals surface area contributed by atoms with Crippen LogP contribution in [0.3, 0.4) is 0 Å². The summed E-state index contributed by atoms with van der Waals surface area (Å²) in [5.74, 6) is -0.867. The molecule has 1 N–H and O–H groups in total. The molecule has 0 aromatic heterocycles. The molecule has 0 aliphatic carbocycles. The van der Waals surface area contributed by atoms with Gasteiger partial charge >= 0.3 is 5.97 Å². The van der Waals surface area contributed by atoms with Gasteiger partial charge in [-0.3, -0.25) is 4.79 Å². The van der Waals surface area contributed by atoms with E-state index in [1.165, 1.54) is 16.4 Å². The fraction of sp³-hybridized carbons (Fsp3) is 0.500. The Bertz CT molecular complexity index is 596. The van der Waals surface area contributed by atoms with Gasteiger partial charge in [-0.15, -0.1) is 0 Å². The molecule has 7 heteroatoms. The highest BCUT2D eigenvalue weighted by molar-refractivity contribution is 7.89. The van der Waals surface area contributed by atoms with Crippen molar-refractivity contribution in [1.82, 2.24) is 4.31 Å². The van der Waals surface area contributed by atoms with Gasteiger partial charge in [0.2, 0.25) is 10.0 Å². The van der Waals surface area contributed by atoms with Crippen LogP contribution in [-0.2, 0) is 26.0 Å². The first-order chi connectivity index (χ1) is 9.91. The normalized spacial score (nSPS) is 20.3. The van der Waals surface area contributed by atoms with Gasteiger partial charge in [-0.2, -0.15) is 4.31 Å².